The van der Waals surface area contributed by atoms with E-state index in [1.807, 2.05) is 30.3 Å². The molecule has 0 spiro atoms. The lowest BCUT2D eigenvalue weighted by atomic mass is 9.44. The van der Waals surface area contributed by atoms with E-state index < -0.39 is 150 Å². The normalized spacial score (nSPS) is 30.9. The third kappa shape index (κ3) is 16.1. The number of ether oxygens (including phenoxy) is 7. The first kappa shape index (κ1) is 80.2. The molecule has 5 aromatic carbocycles. The number of allylic oxidation sites excluding steroid dienone is 4. The SMILES string of the molecule is C=C1/C(=C\C=C2/CCC[C@@]3(C)C2CCC3[C@@H](C)/C=C/C(O)C2CC2)C[C@@H](O)C[C@@H]1OC(=O)Nc1ccc(Cc2ccc(NCC(=O)OC3CC4OCC4(OC(C)=O)C4C(OC(=O)c5ccccc5)C5(O)CC(OC(=O)C(O)C(NC(=O)c6ccccc6)c6ccccc6)C(C)=C(C(OC(C)=O)C(=O)C34C)C5(C)C)cc2)cc1. The Kier molecular flexibility index (Phi) is 23.4. The lowest BCUT2D eigenvalue weighted by Crippen LogP contribution is -2.82. The van der Waals surface area contributed by atoms with Gasteiger partial charge in [0.25, 0.3) is 5.91 Å². The quantitative estimate of drug-likeness (QED) is 0.0181. The fraction of sp³-hybridized carbons (Fsp3) is 0.467. The van der Waals surface area contributed by atoms with Crippen molar-refractivity contribution in [1.82, 2.24) is 5.32 Å². The summed E-state index contributed by atoms with van der Waals surface area (Å²) in [7, 11) is 0. The van der Waals surface area contributed by atoms with Crippen molar-refractivity contribution in [2.75, 3.05) is 23.8 Å². The molecular weight excluding hydrogens is 1430 g/mol. The van der Waals surface area contributed by atoms with Crippen molar-refractivity contribution in [3.8, 4) is 0 Å². The molecule has 2 bridgehead atoms. The highest BCUT2D eigenvalue weighted by Crippen LogP contribution is 2.66. The van der Waals surface area contributed by atoms with Gasteiger partial charge in [-0.2, -0.15) is 0 Å². The third-order valence-electron chi connectivity index (χ3n) is 25.6. The van der Waals surface area contributed by atoms with Crippen LogP contribution in [-0.4, -0.2) is 147 Å². The number of benzene rings is 5. The van der Waals surface area contributed by atoms with Crippen LogP contribution >= 0.6 is 0 Å². The van der Waals surface area contributed by atoms with Gasteiger partial charge in [-0.3, -0.25) is 29.3 Å². The second-order valence-electron chi connectivity index (χ2n) is 33.0. The maximum Gasteiger partial charge on any atom is 0.412 e. The van der Waals surface area contributed by atoms with Crippen molar-refractivity contribution in [1.29, 1.82) is 0 Å². The topological polar surface area (TPSA) is 318 Å². The van der Waals surface area contributed by atoms with E-state index in [1.165, 1.54) is 38.0 Å². The zero-order valence-electron chi connectivity index (χ0n) is 64.8. The minimum Gasteiger partial charge on any atom is -0.460 e. The van der Waals surface area contributed by atoms with Crippen molar-refractivity contribution < 1.29 is 91.9 Å². The van der Waals surface area contributed by atoms with Gasteiger partial charge in [0.2, 0.25) is 0 Å². The smallest absolute Gasteiger partial charge is 0.412 e. The molecule has 1 saturated heterocycles. The molecule has 592 valence electrons. The van der Waals surface area contributed by atoms with Crippen LogP contribution in [0.25, 0.3) is 0 Å². The number of anilines is 2. The van der Waals surface area contributed by atoms with E-state index in [4.69, 9.17) is 33.2 Å². The predicted molar refractivity (Wildman–Crippen MR) is 415 cm³/mol. The lowest BCUT2D eigenvalue weighted by Gasteiger charge is -2.67. The zero-order chi connectivity index (χ0) is 79.8. The molecule has 1 aliphatic heterocycles. The minimum absolute atomic E-state index is 0.0149. The van der Waals surface area contributed by atoms with Crippen LogP contribution in [0.15, 0.2) is 198 Å². The molecule has 2 amide bonds. The van der Waals surface area contributed by atoms with Crippen molar-refractivity contribution in [3.63, 3.8) is 0 Å². The number of aliphatic hydroxyl groups is 4. The van der Waals surface area contributed by atoms with Gasteiger partial charge in [-0.05, 0) is 188 Å². The van der Waals surface area contributed by atoms with Gasteiger partial charge in [0, 0.05) is 55.5 Å². The Balaban J connectivity index is 0.697. The van der Waals surface area contributed by atoms with Gasteiger partial charge >= 0.3 is 35.9 Å². The highest BCUT2D eigenvalue weighted by molar-refractivity contribution is 5.97. The number of hydrogen-bond acceptors (Lipinski definition) is 20. The molecule has 5 aromatic rings. The number of rotatable bonds is 23. The monoisotopic (exact) mass is 1530 g/mol. The summed E-state index contributed by atoms with van der Waals surface area (Å²) in [5.41, 5.74) is -1.88. The summed E-state index contributed by atoms with van der Waals surface area (Å²) in [5.74, 6) is -6.41. The van der Waals surface area contributed by atoms with E-state index in [9.17, 15) is 54.0 Å². The number of nitrogens with one attached hydrogen (secondary N) is 3. The van der Waals surface area contributed by atoms with Gasteiger partial charge in [-0.15, -0.1) is 0 Å². The maximum atomic E-state index is 16.6. The Bertz CT molecular complexity index is 4520. The molecule has 14 unspecified atom stereocenters. The lowest BCUT2D eigenvalue weighted by molar-refractivity contribution is -0.346. The van der Waals surface area contributed by atoms with E-state index in [2.05, 4.69) is 54.6 Å². The molecule has 22 nitrogen and oxygen atoms in total. The average molecular weight is 1530 g/mol. The van der Waals surface area contributed by atoms with E-state index in [-0.39, 0.29) is 46.6 Å². The van der Waals surface area contributed by atoms with Gasteiger partial charge < -0.3 is 64.2 Å². The summed E-state index contributed by atoms with van der Waals surface area (Å²) in [5, 5.41) is 56.7. The molecule has 7 aliphatic carbocycles. The number of aliphatic hydroxyl groups excluding tert-OH is 3. The number of fused-ring (bicyclic) bond motifs is 6. The summed E-state index contributed by atoms with van der Waals surface area (Å²) in [6, 6.07) is 37.4. The number of carbonyl (C=O) groups is 8. The van der Waals surface area contributed by atoms with Crippen LogP contribution in [0, 0.1) is 45.8 Å². The van der Waals surface area contributed by atoms with E-state index in [0.717, 1.165) is 69.1 Å². The van der Waals surface area contributed by atoms with Crippen molar-refractivity contribution in [2.24, 2.45) is 45.8 Å². The molecule has 7 fully saturated rings. The second kappa shape index (κ2) is 32.7. The van der Waals surface area contributed by atoms with E-state index >= 15 is 4.79 Å². The number of Topliss-reactive ketones (excluding diaryl/α,β-unsaturated/α-hetero) is 1. The average Bonchev–Trinajstić information content (AvgIpc) is 1.31. The molecule has 0 aromatic heterocycles. The summed E-state index contributed by atoms with van der Waals surface area (Å²) < 4.78 is 44.0. The van der Waals surface area contributed by atoms with E-state index in [1.54, 1.807) is 117 Å². The summed E-state index contributed by atoms with van der Waals surface area (Å²) >= 11 is 0. The molecule has 0 radical (unpaired) electrons. The van der Waals surface area contributed by atoms with Gasteiger partial charge in [0.1, 0.15) is 42.7 Å². The van der Waals surface area contributed by atoms with Crippen LogP contribution < -0.4 is 16.0 Å². The van der Waals surface area contributed by atoms with Crippen LogP contribution in [0.2, 0.25) is 0 Å². The third-order valence-corrected chi connectivity index (χ3v) is 25.6. The number of carbonyl (C=O) groups excluding carboxylic acids is 8. The summed E-state index contributed by atoms with van der Waals surface area (Å²) in [4.78, 5) is 115. The van der Waals surface area contributed by atoms with Gasteiger partial charge in [0.15, 0.2) is 23.6 Å². The van der Waals surface area contributed by atoms with Crippen LogP contribution in [0.3, 0.4) is 0 Å². The van der Waals surface area contributed by atoms with Crippen molar-refractivity contribution in [3.05, 3.63) is 226 Å². The van der Waals surface area contributed by atoms with Crippen molar-refractivity contribution >= 4 is 59.0 Å². The van der Waals surface area contributed by atoms with Crippen LogP contribution in [-0.2, 0) is 63.6 Å². The second-order valence-corrected chi connectivity index (χ2v) is 33.0. The molecule has 8 aliphatic rings. The van der Waals surface area contributed by atoms with Gasteiger partial charge in [-0.25, -0.2) is 14.4 Å². The first-order valence-corrected chi connectivity index (χ1v) is 39.2. The Morgan fingerprint density at radius 1 is 0.723 bits per heavy atom. The van der Waals surface area contributed by atoms with E-state index in [0.29, 0.717) is 59.0 Å². The molecule has 18 atom stereocenters. The standard InChI is InChI=1S/C90H103N3O19/c1-51(27-42-69(97)59-33-34-59)67-40-41-68-58(26-19-43-87(67,68)8)32-35-63-45-66(96)46-70(52(63)2)109-85(104)92-65-38-30-57(31-39-65)44-56-28-36-64(37-29-56)91-49-74(98)110-72-47-73-89(50-106-73,112-55(5)95)79-81(111-83(102)62-24-17-12-18-25-62)90(105)48-71(53(3)75(86(90,6)7)78(107-54(4)94)80(100)88(72,79)9)108-84(103)77(99)76(60-20-13-10-14-21-60)93-82(101)61-22-15-11-16-23-61/h10-18,20-25,27-32,35-39,42,51,59,66-73,76-79,81,91,96-97,99,105H,2,19,26,33-34,40-41,43-50H2,1,3-9H3,(H,92,104)(H,93,101)/b42-27+,58-32+,63-35-/t51-,66+,67?,68?,69?,70-,71?,72?,73?,76?,77?,78?,79?,81?,87+,88?,89?,90?/m0/s1. The molecule has 6 saturated carbocycles. The fourth-order valence-corrected chi connectivity index (χ4v) is 19.4. The van der Waals surface area contributed by atoms with Gasteiger partial charge in [-0.1, -0.05) is 155 Å². The van der Waals surface area contributed by atoms with Crippen LogP contribution in [0.1, 0.15) is 169 Å². The number of hydrogen-bond donors (Lipinski definition) is 7. The largest absolute Gasteiger partial charge is 0.460 e. The Hall–Kier alpha value is -9.84. The number of ketones is 1. The Labute approximate surface area is 653 Å². The number of esters is 5. The Morgan fingerprint density at radius 3 is 1.99 bits per heavy atom. The molecule has 1 heterocycles. The van der Waals surface area contributed by atoms with Crippen LogP contribution in [0.4, 0.5) is 16.2 Å². The molecule has 7 N–H and O–H groups in total. The first-order chi connectivity index (χ1) is 53.4. The zero-order valence-corrected chi connectivity index (χ0v) is 64.8. The summed E-state index contributed by atoms with van der Waals surface area (Å²) in [6.07, 6.45) is 3.78. The molecule has 22 heteroatoms. The predicted octanol–water partition coefficient (Wildman–Crippen LogP) is 12.6. The maximum absolute atomic E-state index is 16.6. The highest BCUT2D eigenvalue weighted by Gasteiger charge is 2.79. The van der Waals surface area contributed by atoms with Crippen LogP contribution in [0.5, 0.6) is 0 Å². The highest BCUT2D eigenvalue weighted by atomic mass is 16.6. The first-order valence-electron chi connectivity index (χ1n) is 39.2. The molecular formula is C90H103N3O19. The minimum atomic E-state index is -2.53. The Morgan fingerprint density at radius 2 is 1.37 bits per heavy atom. The van der Waals surface area contributed by atoms with Gasteiger partial charge in [0.05, 0.1) is 41.8 Å². The number of amides is 2. The molecule has 13 rings (SSSR count). The van der Waals surface area contributed by atoms with Crippen molar-refractivity contribution in [2.45, 2.75) is 205 Å². The molecule has 112 heavy (non-hydrogen) atoms. The summed E-state index contributed by atoms with van der Waals surface area (Å²) in [6.45, 7) is 16.5. The fourth-order valence-electron chi connectivity index (χ4n) is 19.4.